The van der Waals surface area contributed by atoms with Crippen LogP contribution in [0, 0.1) is 0 Å². The third-order valence-corrected chi connectivity index (χ3v) is 4.26. The number of methoxy groups -OCH3 is 4. The first kappa shape index (κ1) is 19.3. The Hall–Kier alpha value is -3.48. The number of ether oxygens (including phenoxy) is 5. The van der Waals surface area contributed by atoms with Crippen LogP contribution in [-0.2, 0) is 16.0 Å². The van der Waals surface area contributed by atoms with Crippen LogP contribution in [0.15, 0.2) is 42.6 Å². The number of rotatable bonds is 7. The van der Waals surface area contributed by atoms with Gasteiger partial charge in [-0.25, -0.2) is 0 Å². The zero-order valence-corrected chi connectivity index (χ0v) is 16.1. The second-order valence-corrected chi connectivity index (χ2v) is 5.86. The predicted molar refractivity (Wildman–Crippen MR) is 104 cm³/mol. The van der Waals surface area contributed by atoms with Gasteiger partial charge in [0.2, 0.25) is 0 Å². The van der Waals surface area contributed by atoms with Gasteiger partial charge in [-0.15, -0.1) is 0 Å². The molecule has 0 radical (unpaired) electrons. The van der Waals surface area contributed by atoms with E-state index < -0.39 is 0 Å². The van der Waals surface area contributed by atoms with Gasteiger partial charge in [0.1, 0.15) is 17.2 Å². The summed E-state index contributed by atoms with van der Waals surface area (Å²) in [6, 6.07) is 10.7. The summed E-state index contributed by atoms with van der Waals surface area (Å²) in [6.07, 6.45) is 1.78. The standard InChI is InChI=1S/C21H21NO6/c1-24-18-10-14(6-5-13(18)9-21(23)27-4)28-17-7-8-22-16-12-20(26-3)19(25-2)11-15(16)17/h5-8,10-12H,9H2,1-4H3. The molecule has 1 aromatic heterocycles. The third kappa shape index (κ3) is 3.93. The van der Waals surface area contributed by atoms with Gasteiger partial charge >= 0.3 is 5.97 Å². The Morgan fingerprint density at radius 3 is 2.25 bits per heavy atom. The number of aromatic nitrogens is 1. The second kappa shape index (κ2) is 8.47. The molecule has 0 amide bonds. The van der Waals surface area contributed by atoms with Crippen molar-refractivity contribution >= 4 is 16.9 Å². The van der Waals surface area contributed by atoms with Gasteiger partial charge in [-0.1, -0.05) is 6.07 Å². The van der Waals surface area contributed by atoms with Crippen molar-refractivity contribution < 1.29 is 28.5 Å². The van der Waals surface area contributed by atoms with E-state index in [1.165, 1.54) is 7.11 Å². The maximum absolute atomic E-state index is 11.5. The first-order valence-electron chi connectivity index (χ1n) is 8.52. The summed E-state index contributed by atoms with van der Waals surface area (Å²) >= 11 is 0. The van der Waals surface area contributed by atoms with Crippen LogP contribution >= 0.6 is 0 Å². The maximum atomic E-state index is 11.5. The lowest BCUT2D eigenvalue weighted by molar-refractivity contribution is -0.139. The summed E-state index contributed by atoms with van der Waals surface area (Å²) < 4.78 is 26.9. The van der Waals surface area contributed by atoms with Crippen LogP contribution in [0.3, 0.4) is 0 Å². The van der Waals surface area contributed by atoms with Gasteiger partial charge in [-0.2, -0.15) is 0 Å². The fraction of sp³-hybridized carbons (Fsp3) is 0.238. The quantitative estimate of drug-likeness (QED) is 0.575. The summed E-state index contributed by atoms with van der Waals surface area (Å²) in [4.78, 5) is 15.9. The largest absolute Gasteiger partial charge is 0.496 e. The minimum Gasteiger partial charge on any atom is -0.496 e. The Bertz CT molecular complexity index is 1000. The fourth-order valence-corrected chi connectivity index (χ4v) is 2.83. The molecular weight excluding hydrogens is 362 g/mol. The molecule has 0 aliphatic heterocycles. The predicted octanol–water partition coefficient (Wildman–Crippen LogP) is 3.77. The number of hydrogen-bond donors (Lipinski definition) is 0. The molecule has 0 saturated carbocycles. The van der Waals surface area contributed by atoms with Crippen LogP contribution in [0.5, 0.6) is 28.7 Å². The molecule has 0 aliphatic rings. The van der Waals surface area contributed by atoms with Gasteiger partial charge in [0.25, 0.3) is 0 Å². The molecule has 146 valence electrons. The Kier molecular flexibility index (Phi) is 5.84. The van der Waals surface area contributed by atoms with E-state index in [9.17, 15) is 4.79 Å². The Labute approximate surface area is 162 Å². The molecule has 0 saturated heterocycles. The van der Waals surface area contributed by atoms with E-state index in [2.05, 4.69) is 4.98 Å². The molecule has 0 unspecified atom stereocenters. The fourth-order valence-electron chi connectivity index (χ4n) is 2.83. The van der Waals surface area contributed by atoms with E-state index >= 15 is 0 Å². The highest BCUT2D eigenvalue weighted by Crippen LogP contribution is 2.37. The summed E-state index contributed by atoms with van der Waals surface area (Å²) in [6.45, 7) is 0. The van der Waals surface area contributed by atoms with Gasteiger partial charge in [0.15, 0.2) is 11.5 Å². The second-order valence-electron chi connectivity index (χ2n) is 5.86. The van der Waals surface area contributed by atoms with Gasteiger partial charge in [-0.3, -0.25) is 9.78 Å². The number of carbonyl (C=O) groups is 1. The molecule has 28 heavy (non-hydrogen) atoms. The molecule has 0 aliphatic carbocycles. The van der Waals surface area contributed by atoms with Gasteiger partial charge in [0.05, 0.1) is 40.4 Å². The van der Waals surface area contributed by atoms with Crippen LogP contribution in [0.2, 0.25) is 0 Å². The Morgan fingerprint density at radius 2 is 1.57 bits per heavy atom. The molecule has 1 heterocycles. The van der Waals surface area contributed by atoms with Crippen molar-refractivity contribution in [2.75, 3.05) is 28.4 Å². The summed E-state index contributed by atoms with van der Waals surface area (Å²) in [5.74, 6) is 2.54. The van der Waals surface area contributed by atoms with Crippen molar-refractivity contribution in [3.05, 3.63) is 48.2 Å². The summed E-state index contributed by atoms with van der Waals surface area (Å²) in [7, 11) is 6.04. The zero-order chi connectivity index (χ0) is 20.1. The van der Waals surface area contributed by atoms with E-state index in [1.54, 1.807) is 57.9 Å². The minimum absolute atomic E-state index is 0.120. The monoisotopic (exact) mass is 383 g/mol. The molecule has 3 rings (SSSR count). The number of nitrogens with zero attached hydrogens (tertiary/aromatic N) is 1. The van der Waals surface area contributed by atoms with Crippen molar-refractivity contribution in [2.45, 2.75) is 6.42 Å². The summed E-state index contributed by atoms with van der Waals surface area (Å²) in [5, 5.41) is 0.776. The smallest absolute Gasteiger partial charge is 0.310 e. The number of pyridine rings is 1. The number of benzene rings is 2. The third-order valence-electron chi connectivity index (χ3n) is 4.26. The van der Waals surface area contributed by atoms with E-state index in [1.807, 2.05) is 6.07 Å². The molecule has 0 N–H and O–H groups in total. The van der Waals surface area contributed by atoms with Crippen LogP contribution < -0.4 is 18.9 Å². The molecule has 7 heteroatoms. The van der Waals surface area contributed by atoms with Crippen LogP contribution in [0.25, 0.3) is 10.9 Å². The number of esters is 1. The normalized spacial score (nSPS) is 10.4. The van der Waals surface area contributed by atoms with Crippen molar-refractivity contribution in [3.8, 4) is 28.7 Å². The highest BCUT2D eigenvalue weighted by molar-refractivity contribution is 5.88. The lowest BCUT2D eigenvalue weighted by atomic mass is 10.1. The molecular formula is C21H21NO6. The molecule has 0 fully saturated rings. The number of carbonyl (C=O) groups excluding carboxylic acids is 1. The van der Waals surface area contributed by atoms with Crippen LogP contribution in [-0.4, -0.2) is 39.4 Å². The zero-order valence-electron chi connectivity index (χ0n) is 16.1. The van der Waals surface area contributed by atoms with Crippen molar-refractivity contribution in [1.82, 2.24) is 4.98 Å². The van der Waals surface area contributed by atoms with Crippen molar-refractivity contribution in [2.24, 2.45) is 0 Å². The molecule has 3 aromatic rings. The minimum atomic E-state index is -0.340. The van der Waals surface area contributed by atoms with Crippen molar-refractivity contribution in [3.63, 3.8) is 0 Å². The highest BCUT2D eigenvalue weighted by Gasteiger charge is 2.14. The maximum Gasteiger partial charge on any atom is 0.310 e. The summed E-state index contributed by atoms with van der Waals surface area (Å²) in [5.41, 5.74) is 1.43. The van der Waals surface area contributed by atoms with E-state index in [0.717, 1.165) is 5.39 Å². The van der Waals surface area contributed by atoms with Crippen molar-refractivity contribution in [1.29, 1.82) is 0 Å². The lowest BCUT2D eigenvalue weighted by Crippen LogP contribution is -2.05. The van der Waals surface area contributed by atoms with Gasteiger partial charge in [-0.05, 0) is 18.2 Å². The molecule has 0 spiro atoms. The Morgan fingerprint density at radius 1 is 0.857 bits per heavy atom. The first-order chi connectivity index (χ1) is 13.6. The Balaban J connectivity index is 1.97. The average Bonchev–Trinajstić information content (AvgIpc) is 2.73. The topological polar surface area (TPSA) is 76.1 Å². The molecule has 7 nitrogen and oxygen atoms in total. The molecule has 0 atom stereocenters. The van der Waals surface area contributed by atoms with Crippen LogP contribution in [0.4, 0.5) is 0 Å². The van der Waals surface area contributed by atoms with Crippen LogP contribution in [0.1, 0.15) is 5.56 Å². The first-order valence-corrected chi connectivity index (χ1v) is 8.52. The van der Waals surface area contributed by atoms with Gasteiger partial charge in [0, 0.05) is 29.3 Å². The van der Waals surface area contributed by atoms with Gasteiger partial charge < -0.3 is 23.7 Å². The lowest BCUT2D eigenvalue weighted by Gasteiger charge is -2.14. The highest BCUT2D eigenvalue weighted by atomic mass is 16.5. The molecule has 2 aromatic carbocycles. The average molecular weight is 383 g/mol. The van der Waals surface area contributed by atoms with E-state index in [0.29, 0.717) is 39.8 Å². The molecule has 0 bridgehead atoms. The van der Waals surface area contributed by atoms with E-state index in [4.69, 9.17) is 23.7 Å². The number of fused-ring (bicyclic) bond motifs is 1. The SMILES string of the molecule is COC(=O)Cc1ccc(Oc2ccnc3cc(OC)c(OC)cc23)cc1OC. The van der Waals surface area contributed by atoms with E-state index in [-0.39, 0.29) is 12.4 Å². The number of hydrogen-bond acceptors (Lipinski definition) is 7.